The van der Waals surface area contributed by atoms with Crippen molar-refractivity contribution >= 4 is 22.6 Å². The van der Waals surface area contributed by atoms with Crippen molar-refractivity contribution in [2.75, 3.05) is 5.32 Å². The molecule has 0 bridgehead atoms. The van der Waals surface area contributed by atoms with Crippen LogP contribution >= 0.6 is 0 Å². The number of anilines is 1. The summed E-state index contributed by atoms with van der Waals surface area (Å²) in [6.45, 7) is 2.87. The molecule has 0 unspecified atom stereocenters. The lowest BCUT2D eigenvalue weighted by Crippen LogP contribution is -2.13. The molecule has 0 spiro atoms. The predicted molar refractivity (Wildman–Crippen MR) is 79.8 cm³/mol. The molecule has 106 valence electrons. The van der Waals surface area contributed by atoms with E-state index >= 15 is 0 Å². The number of carbonyl (C=O) groups is 1. The highest BCUT2D eigenvalue weighted by atomic mass is 19.1. The average molecular weight is 283 g/mol. The first-order chi connectivity index (χ1) is 10.2. The highest BCUT2D eigenvalue weighted by Crippen LogP contribution is 2.19. The normalized spacial score (nSPS) is 10.8. The summed E-state index contributed by atoms with van der Waals surface area (Å²) in [5.74, 6) is -1.01. The second kappa shape index (κ2) is 5.36. The maximum Gasteiger partial charge on any atom is 0.258 e. The van der Waals surface area contributed by atoms with Gasteiger partial charge in [-0.1, -0.05) is 12.1 Å². The summed E-state index contributed by atoms with van der Waals surface area (Å²) in [5.41, 5.74) is 2.42. The molecular formula is C16H14FN3O. The fraction of sp³-hybridized carbons (Fsp3) is 0.125. The second-order valence-corrected chi connectivity index (χ2v) is 4.67. The Labute approximate surface area is 121 Å². The van der Waals surface area contributed by atoms with Crippen molar-refractivity contribution in [1.82, 2.24) is 9.55 Å². The maximum atomic E-state index is 13.6. The molecule has 4 nitrogen and oxygen atoms in total. The smallest absolute Gasteiger partial charge is 0.258 e. The SMILES string of the molecule is CCn1cnc2cc(NC(=O)c3ccccc3F)ccc21. The van der Waals surface area contributed by atoms with Crippen LogP contribution < -0.4 is 5.32 Å². The van der Waals surface area contributed by atoms with Gasteiger partial charge >= 0.3 is 0 Å². The fourth-order valence-corrected chi connectivity index (χ4v) is 2.24. The monoisotopic (exact) mass is 283 g/mol. The van der Waals surface area contributed by atoms with Gasteiger partial charge in [0.1, 0.15) is 5.82 Å². The van der Waals surface area contributed by atoms with E-state index in [-0.39, 0.29) is 5.56 Å². The molecule has 0 radical (unpaired) electrons. The molecule has 0 fully saturated rings. The molecule has 1 N–H and O–H groups in total. The van der Waals surface area contributed by atoms with Crippen molar-refractivity contribution in [1.29, 1.82) is 0 Å². The van der Waals surface area contributed by atoms with E-state index in [1.807, 2.05) is 17.6 Å². The number of rotatable bonds is 3. The lowest BCUT2D eigenvalue weighted by molar-refractivity contribution is 0.102. The van der Waals surface area contributed by atoms with Crippen LogP contribution in [0, 0.1) is 5.82 Å². The summed E-state index contributed by atoms with van der Waals surface area (Å²) in [6.07, 6.45) is 1.76. The molecule has 0 saturated carbocycles. The molecule has 3 aromatic rings. The highest BCUT2D eigenvalue weighted by molar-refractivity contribution is 6.05. The minimum atomic E-state index is -0.536. The van der Waals surface area contributed by atoms with Gasteiger partial charge in [0, 0.05) is 12.2 Å². The Morgan fingerprint density at radius 3 is 2.86 bits per heavy atom. The first-order valence-electron chi connectivity index (χ1n) is 6.70. The fourth-order valence-electron chi connectivity index (χ4n) is 2.24. The molecule has 3 rings (SSSR count). The quantitative estimate of drug-likeness (QED) is 0.800. The summed E-state index contributed by atoms with van der Waals surface area (Å²) in [7, 11) is 0. The Morgan fingerprint density at radius 1 is 1.29 bits per heavy atom. The molecule has 1 aromatic heterocycles. The van der Waals surface area contributed by atoms with E-state index in [9.17, 15) is 9.18 Å². The molecule has 0 aliphatic rings. The Morgan fingerprint density at radius 2 is 2.10 bits per heavy atom. The minimum absolute atomic E-state index is 0.0247. The van der Waals surface area contributed by atoms with Crippen molar-refractivity contribution < 1.29 is 9.18 Å². The summed E-state index contributed by atoms with van der Waals surface area (Å²) in [5, 5.41) is 2.69. The number of nitrogens with zero attached hydrogens (tertiary/aromatic N) is 2. The molecule has 5 heteroatoms. The number of aromatic nitrogens is 2. The van der Waals surface area contributed by atoms with Gasteiger partial charge in [0.25, 0.3) is 5.91 Å². The van der Waals surface area contributed by atoms with Crippen LogP contribution in [0.2, 0.25) is 0 Å². The van der Waals surface area contributed by atoms with E-state index in [4.69, 9.17) is 0 Å². The lowest BCUT2D eigenvalue weighted by atomic mass is 10.2. The number of halogens is 1. The number of hydrogen-bond acceptors (Lipinski definition) is 2. The summed E-state index contributed by atoms with van der Waals surface area (Å²) in [6, 6.07) is 11.4. The zero-order chi connectivity index (χ0) is 14.8. The van der Waals surface area contributed by atoms with E-state index in [0.29, 0.717) is 5.69 Å². The van der Waals surface area contributed by atoms with Crippen LogP contribution in [0.5, 0.6) is 0 Å². The number of hydrogen-bond donors (Lipinski definition) is 1. The largest absolute Gasteiger partial charge is 0.331 e. The van der Waals surface area contributed by atoms with Crippen LogP contribution in [-0.4, -0.2) is 15.5 Å². The zero-order valence-electron chi connectivity index (χ0n) is 11.5. The maximum absolute atomic E-state index is 13.6. The standard InChI is InChI=1S/C16H14FN3O/c1-2-20-10-18-14-9-11(7-8-15(14)20)19-16(21)12-5-3-4-6-13(12)17/h3-10H,2H2,1H3,(H,19,21). The van der Waals surface area contributed by atoms with Gasteiger partial charge < -0.3 is 9.88 Å². The van der Waals surface area contributed by atoms with E-state index in [0.717, 1.165) is 17.6 Å². The van der Waals surface area contributed by atoms with Crippen molar-refractivity contribution in [3.63, 3.8) is 0 Å². The van der Waals surface area contributed by atoms with Gasteiger partial charge in [-0.3, -0.25) is 4.79 Å². The third-order valence-corrected chi connectivity index (χ3v) is 3.34. The van der Waals surface area contributed by atoms with E-state index in [2.05, 4.69) is 10.3 Å². The van der Waals surface area contributed by atoms with Crippen LogP contribution in [0.1, 0.15) is 17.3 Å². The Kier molecular flexibility index (Phi) is 3.39. The van der Waals surface area contributed by atoms with Gasteiger partial charge in [-0.15, -0.1) is 0 Å². The van der Waals surface area contributed by atoms with E-state index in [1.165, 1.54) is 12.1 Å². The molecule has 2 aromatic carbocycles. The van der Waals surface area contributed by atoms with Crippen molar-refractivity contribution in [2.45, 2.75) is 13.5 Å². The number of fused-ring (bicyclic) bond motifs is 1. The summed E-state index contributed by atoms with van der Waals surface area (Å²) in [4.78, 5) is 16.3. The highest BCUT2D eigenvalue weighted by Gasteiger charge is 2.11. The van der Waals surface area contributed by atoms with Crippen molar-refractivity contribution in [3.05, 3.63) is 60.2 Å². The third-order valence-electron chi connectivity index (χ3n) is 3.34. The lowest BCUT2D eigenvalue weighted by Gasteiger charge is -2.06. The first kappa shape index (κ1) is 13.3. The summed E-state index contributed by atoms with van der Waals surface area (Å²) < 4.78 is 15.6. The molecule has 1 amide bonds. The third kappa shape index (κ3) is 2.50. The Hall–Kier alpha value is -2.69. The molecule has 21 heavy (non-hydrogen) atoms. The van der Waals surface area contributed by atoms with Gasteiger partial charge in [-0.2, -0.15) is 0 Å². The number of nitrogens with one attached hydrogen (secondary N) is 1. The number of aryl methyl sites for hydroxylation is 1. The van der Waals surface area contributed by atoms with Crippen molar-refractivity contribution in [3.8, 4) is 0 Å². The van der Waals surface area contributed by atoms with E-state index in [1.54, 1.807) is 30.6 Å². The topological polar surface area (TPSA) is 46.9 Å². The molecule has 1 heterocycles. The average Bonchev–Trinajstić information content (AvgIpc) is 2.89. The van der Waals surface area contributed by atoms with Gasteiger partial charge in [0.05, 0.1) is 22.9 Å². The number of benzene rings is 2. The van der Waals surface area contributed by atoms with Crippen LogP contribution in [0.25, 0.3) is 11.0 Å². The second-order valence-electron chi connectivity index (χ2n) is 4.67. The molecule has 0 atom stereocenters. The summed E-state index contributed by atoms with van der Waals surface area (Å²) >= 11 is 0. The van der Waals surface area contributed by atoms with Gasteiger partial charge in [0.2, 0.25) is 0 Å². The molecule has 0 saturated heterocycles. The number of imidazole rings is 1. The van der Waals surface area contributed by atoms with Crippen LogP contribution in [0.4, 0.5) is 10.1 Å². The molecule has 0 aliphatic carbocycles. The predicted octanol–water partition coefficient (Wildman–Crippen LogP) is 3.45. The molecular weight excluding hydrogens is 269 g/mol. The number of amides is 1. The van der Waals surface area contributed by atoms with Gasteiger partial charge in [-0.05, 0) is 37.3 Å². The van der Waals surface area contributed by atoms with Crippen LogP contribution in [0.3, 0.4) is 0 Å². The molecule has 0 aliphatic heterocycles. The zero-order valence-corrected chi connectivity index (χ0v) is 11.5. The van der Waals surface area contributed by atoms with Crippen molar-refractivity contribution in [2.24, 2.45) is 0 Å². The van der Waals surface area contributed by atoms with Crippen LogP contribution in [-0.2, 0) is 6.54 Å². The minimum Gasteiger partial charge on any atom is -0.331 e. The van der Waals surface area contributed by atoms with E-state index < -0.39 is 11.7 Å². The first-order valence-corrected chi connectivity index (χ1v) is 6.70. The Balaban J connectivity index is 1.88. The van der Waals surface area contributed by atoms with Crippen LogP contribution in [0.15, 0.2) is 48.8 Å². The van der Waals surface area contributed by atoms with Gasteiger partial charge in [0.15, 0.2) is 0 Å². The van der Waals surface area contributed by atoms with Gasteiger partial charge in [-0.25, -0.2) is 9.37 Å². The number of carbonyl (C=O) groups excluding carboxylic acids is 1. The Bertz CT molecular complexity index is 810.